The van der Waals surface area contributed by atoms with Crippen LogP contribution in [0.3, 0.4) is 0 Å². The third kappa shape index (κ3) is 1.96. The molecule has 0 spiro atoms. The number of fused-ring (bicyclic) bond motifs is 2. The Morgan fingerprint density at radius 3 is 2.71 bits per heavy atom. The molecule has 0 saturated carbocycles. The first-order valence-electron chi connectivity index (χ1n) is 6.88. The summed E-state index contributed by atoms with van der Waals surface area (Å²) in [6.07, 6.45) is 3.64. The molecule has 21 heavy (non-hydrogen) atoms. The highest BCUT2D eigenvalue weighted by Gasteiger charge is 2.07. The SMILES string of the molecule is Cc1ccc(-c2cnc3cc4[nH]ncc4cc3n2)c(C)c1. The molecule has 1 N–H and O–H groups in total. The Kier molecular flexibility index (Phi) is 2.51. The van der Waals surface area contributed by atoms with Crippen LogP contribution in [0.15, 0.2) is 42.7 Å². The fraction of sp³-hybridized carbons (Fsp3) is 0.118. The van der Waals surface area contributed by atoms with Gasteiger partial charge in [-0.05, 0) is 31.5 Å². The van der Waals surface area contributed by atoms with Crippen LogP contribution < -0.4 is 0 Å². The van der Waals surface area contributed by atoms with Gasteiger partial charge >= 0.3 is 0 Å². The minimum atomic E-state index is 0.875. The van der Waals surface area contributed by atoms with E-state index in [1.807, 2.05) is 18.3 Å². The highest BCUT2D eigenvalue weighted by molar-refractivity contribution is 5.93. The number of aryl methyl sites for hydroxylation is 2. The van der Waals surface area contributed by atoms with Crippen LogP contribution in [0.2, 0.25) is 0 Å². The van der Waals surface area contributed by atoms with Crippen LogP contribution in [0.25, 0.3) is 33.2 Å². The van der Waals surface area contributed by atoms with Gasteiger partial charge in [0.25, 0.3) is 0 Å². The smallest absolute Gasteiger partial charge is 0.0909 e. The molecule has 4 aromatic rings. The van der Waals surface area contributed by atoms with Crippen molar-refractivity contribution in [1.82, 2.24) is 20.2 Å². The first-order chi connectivity index (χ1) is 10.2. The molecule has 0 atom stereocenters. The number of nitrogens with one attached hydrogen (secondary N) is 1. The largest absolute Gasteiger partial charge is 0.278 e. The van der Waals surface area contributed by atoms with E-state index >= 15 is 0 Å². The summed E-state index contributed by atoms with van der Waals surface area (Å²) in [4.78, 5) is 9.30. The van der Waals surface area contributed by atoms with Gasteiger partial charge in [0.05, 0.1) is 34.6 Å². The minimum absolute atomic E-state index is 0.875. The fourth-order valence-corrected chi connectivity index (χ4v) is 2.68. The lowest BCUT2D eigenvalue weighted by Gasteiger charge is -2.07. The number of hydrogen-bond donors (Lipinski definition) is 1. The Bertz CT molecular complexity index is 969. The van der Waals surface area contributed by atoms with Gasteiger partial charge in [0, 0.05) is 10.9 Å². The van der Waals surface area contributed by atoms with Crippen LogP contribution in [0.1, 0.15) is 11.1 Å². The lowest BCUT2D eigenvalue weighted by atomic mass is 10.0. The minimum Gasteiger partial charge on any atom is -0.278 e. The summed E-state index contributed by atoms with van der Waals surface area (Å²) in [5, 5.41) is 8.05. The molecule has 4 heteroatoms. The van der Waals surface area contributed by atoms with Crippen LogP contribution >= 0.6 is 0 Å². The van der Waals surface area contributed by atoms with Gasteiger partial charge in [-0.3, -0.25) is 10.1 Å². The van der Waals surface area contributed by atoms with Crippen molar-refractivity contribution in [2.24, 2.45) is 0 Å². The molecule has 0 fully saturated rings. The molecule has 0 aliphatic rings. The maximum absolute atomic E-state index is 4.76. The van der Waals surface area contributed by atoms with Gasteiger partial charge in [0.1, 0.15) is 0 Å². The zero-order valence-corrected chi connectivity index (χ0v) is 11.9. The number of rotatable bonds is 1. The van der Waals surface area contributed by atoms with Crippen molar-refractivity contribution in [1.29, 1.82) is 0 Å². The predicted molar refractivity (Wildman–Crippen MR) is 84.1 cm³/mol. The van der Waals surface area contributed by atoms with E-state index in [0.29, 0.717) is 0 Å². The van der Waals surface area contributed by atoms with E-state index in [1.54, 1.807) is 6.20 Å². The maximum Gasteiger partial charge on any atom is 0.0909 e. The maximum atomic E-state index is 4.76. The second-order valence-electron chi connectivity index (χ2n) is 5.37. The Labute approximate surface area is 121 Å². The van der Waals surface area contributed by atoms with Crippen molar-refractivity contribution in [3.63, 3.8) is 0 Å². The quantitative estimate of drug-likeness (QED) is 0.574. The highest BCUT2D eigenvalue weighted by Crippen LogP contribution is 2.25. The zero-order chi connectivity index (χ0) is 14.4. The number of aromatic amines is 1. The normalized spacial score (nSPS) is 11.3. The van der Waals surface area contributed by atoms with Gasteiger partial charge in [-0.25, -0.2) is 4.98 Å². The molecule has 0 aliphatic carbocycles. The van der Waals surface area contributed by atoms with Crippen LogP contribution in [0.4, 0.5) is 0 Å². The highest BCUT2D eigenvalue weighted by atomic mass is 15.1. The monoisotopic (exact) mass is 274 g/mol. The van der Waals surface area contributed by atoms with Crippen molar-refractivity contribution in [2.75, 3.05) is 0 Å². The first kappa shape index (κ1) is 12.0. The molecule has 2 aromatic heterocycles. The molecule has 0 amide bonds. The van der Waals surface area contributed by atoms with Crippen LogP contribution in [0, 0.1) is 13.8 Å². The average molecular weight is 274 g/mol. The summed E-state index contributed by atoms with van der Waals surface area (Å²) < 4.78 is 0. The molecule has 0 radical (unpaired) electrons. The summed E-state index contributed by atoms with van der Waals surface area (Å²) in [5.41, 5.74) is 7.25. The van der Waals surface area contributed by atoms with Gasteiger partial charge in [-0.2, -0.15) is 5.10 Å². The molecular formula is C17H14N4. The Morgan fingerprint density at radius 1 is 0.952 bits per heavy atom. The number of H-pyrrole nitrogens is 1. The van der Waals surface area contributed by atoms with E-state index in [0.717, 1.165) is 33.2 Å². The molecule has 102 valence electrons. The van der Waals surface area contributed by atoms with Gasteiger partial charge in [-0.1, -0.05) is 23.8 Å². The summed E-state index contributed by atoms with van der Waals surface area (Å²) in [5.74, 6) is 0. The number of aromatic nitrogens is 4. The number of hydrogen-bond acceptors (Lipinski definition) is 3. The molecule has 0 aliphatic heterocycles. The van der Waals surface area contributed by atoms with Gasteiger partial charge in [0.15, 0.2) is 0 Å². The van der Waals surface area contributed by atoms with Crippen molar-refractivity contribution >= 4 is 21.9 Å². The van der Waals surface area contributed by atoms with Gasteiger partial charge in [-0.15, -0.1) is 0 Å². The van der Waals surface area contributed by atoms with E-state index in [4.69, 9.17) is 4.98 Å². The fourth-order valence-electron chi connectivity index (χ4n) is 2.68. The Morgan fingerprint density at radius 2 is 1.86 bits per heavy atom. The molecule has 2 aromatic carbocycles. The Hall–Kier alpha value is -2.75. The van der Waals surface area contributed by atoms with Gasteiger partial charge < -0.3 is 0 Å². The third-order valence-corrected chi connectivity index (χ3v) is 3.76. The molecule has 4 nitrogen and oxygen atoms in total. The summed E-state index contributed by atoms with van der Waals surface area (Å²) >= 11 is 0. The molecule has 0 unspecified atom stereocenters. The Balaban J connectivity index is 1.94. The molecular weight excluding hydrogens is 260 g/mol. The predicted octanol–water partition coefficient (Wildman–Crippen LogP) is 3.79. The van der Waals surface area contributed by atoms with Crippen LogP contribution in [-0.4, -0.2) is 20.2 Å². The van der Waals surface area contributed by atoms with Crippen LogP contribution in [-0.2, 0) is 0 Å². The average Bonchev–Trinajstić information content (AvgIpc) is 2.91. The van der Waals surface area contributed by atoms with Crippen molar-refractivity contribution in [3.8, 4) is 11.3 Å². The van der Waals surface area contributed by atoms with Crippen molar-refractivity contribution in [3.05, 3.63) is 53.9 Å². The lowest BCUT2D eigenvalue weighted by molar-refractivity contribution is 1.12. The molecule has 0 bridgehead atoms. The lowest BCUT2D eigenvalue weighted by Crippen LogP contribution is -1.91. The summed E-state index contributed by atoms with van der Waals surface area (Å²) in [6.45, 7) is 4.20. The van der Waals surface area contributed by atoms with E-state index in [9.17, 15) is 0 Å². The molecule has 2 heterocycles. The third-order valence-electron chi connectivity index (χ3n) is 3.76. The van der Waals surface area contributed by atoms with Gasteiger partial charge in [0.2, 0.25) is 0 Å². The molecule has 0 saturated heterocycles. The number of benzene rings is 2. The topological polar surface area (TPSA) is 54.5 Å². The molecule has 4 rings (SSSR count). The van der Waals surface area contributed by atoms with E-state index in [2.05, 4.69) is 47.2 Å². The first-order valence-corrected chi connectivity index (χ1v) is 6.88. The summed E-state index contributed by atoms with van der Waals surface area (Å²) in [7, 11) is 0. The van der Waals surface area contributed by atoms with Crippen LogP contribution in [0.5, 0.6) is 0 Å². The zero-order valence-electron chi connectivity index (χ0n) is 11.9. The van der Waals surface area contributed by atoms with Crippen molar-refractivity contribution in [2.45, 2.75) is 13.8 Å². The van der Waals surface area contributed by atoms with Crippen molar-refractivity contribution < 1.29 is 0 Å². The van der Waals surface area contributed by atoms with E-state index < -0.39 is 0 Å². The second-order valence-corrected chi connectivity index (χ2v) is 5.37. The standard InChI is InChI=1S/C17H14N4/c1-10-3-4-13(11(2)5-10)17-9-18-15-7-14-12(8-19-21-14)6-16(15)20-17/h3-9H,1-2H3,(H,19,21). The van der Waals surface area contributed by atoms with E-state index in [1.165, 1.54) is 11.1 Å². The second kappa shape index (κ2) is 4.38. The van der Waals surface area contributed by atoms with E-state index in [-0.39, 0.29) is 0 Å². The summed E-state index contributed by atoms with van der Waals surface area (Å²) in [6, 6.07) is 10.4. The number of nitrogens with zero attached hydrogens (tertiary/aromatic N) is 3.